The zero-order valence-corrected chi connectivity index (χ0v) is 13.4. The van der Waals surface area contributed by atoms with Crippen molar-refractivity contribution >= 4 is 11.8 Å². The molecule has 6 nitrogen and oxygen atoms in total. The molecule has 1 N–H and O–H groups in total. The van der Waals surface area contributed by atoms with Gasteiger partial charge in [0.2, 0.25) is 11.8 Å². The largest absolute Gasteiger partial charge is 0.340 e. The van der Waals surface area contributed by atoms with E-state index in [9.17, 15) is 9.59 Å². The first-order valence-corrected chi connectivity index (χ1v) is 7.37. The monoisotopic (exact) mass is 292 g/mol. The Labute approximate surface area is 125 Å². The molecule has 1 aliphatic rings. The van der Waals surface area contributed by atoms with E-state index in [4.69, 9.17) is 0 Å². The summed E-state index contributed by atoms with van der Waals surface area (Å²) in [5.41, 5.74) is 0.0770. The Morgan fingerprint density at radius 2 is 2.10 bits per heavy atom. The van der Waals surface area contributed by atoms with Gasteiger partial charge in [-0.1, -0.05) is 20.3 Å². The number of rotatable bonds is 4. The number of aryl methyl sites for hydroxylation is 1. The van der Waals surface area contributed by atoms with Gasteiger partial charge in [-0.25, -0.2) is 0 Å². The summed E-state index contributed by atoms with van der Waals surface area (Å²) in [5, 5.41) is 6.97. The van der Waals surface area contributed by atoms with Gasteiger partial charge in [0.1, 0.15) is 11.6 Å². The quantitative estimate of drug-likeness (QED) is 0.902. The number of piperazine rings is 1. The van der Waals surface area contributed by atoms with Crippen LogP contribution in [0.4, 0.5) is 0 Å². The Bertz CT molecular complexity index is 550. The van der Waals surface area contributed by atoms with Crippen molar-refractivity contribution in [3.63, 3.8) is 0 Å². The van der Waals surface area contributed by atoms with Crippen LogP contribution in [0.1, 0.15) is 39.7 Å². The standard InChI is InChI=1S/C15H24N4O2/c1-6-10(2)12-13(20)17-15(3,4)14(21)19(12)9-11-7-16-18(5)8-11/h7-8,10,12H,6,9H2,1-5H3,(H,17,20). The maximum Gasteiger partial charge on any atom is 0.248 e. The summed E-state index contributed by atoms with van der Waals surface area (Å²) in [5.74, 6) is -0.00388. The van der Waals surface area contributed by atoms with Crippen LogP contribution in [0.2, 0.25) is 0 Å². The molecule has 1 fully saturated rings. The van der Waals surface area contributed by atoms with Gasteiger partial charge in [-0.2, -0.15) is 5.10 Å². The maximum absolute atomic E-state index is 12.7. The molecule has 2 heterocycles. The number of amides is 2. The third-order valence-corrected chi connectivity index (χ3v) is 4.13. The van der Waals surface area contributed by atoms with E-state index in [1.54, 1.807) is 29.6 Å². The van der Waals surface area contributed by atoms with Crippen LogP contribution in [0, 0.1) is 5.92 Å². The van der Waals surface area contributed by atoms with Gasteiger partial charge >= 0.3 is 0 Å². The number of hydrogen-bond acceptors (Lipinski definition) is 3. The normalized spacial score (nSPS) is 23.1. The molecule has 1 aliphatic heterocycles. The second-order valence-electron chi connectivity index (χ2n) is 6.40. The minimum Gasteiger partial charge on any atom is -0.340 e. The van der Waals surface area contributed by atoms with Crippen LogP contribution in [0.25, 0.3) is 0 Å². The summed E-state index contributed by atoms with van der Waals surface area (Å²) in [6.45, 7) is 7.95. The van der Waals surface area contributed by atoms with Gasteiger partial charge in [0.25, 0.3) is 0 Å². The van der Waals surface area contributed by atoms with E-state index >= 15 is 0 Å². The molecular formula is C15H24N4O2. The highest BCUT2D eigenvalue weighted by atomic mass is 16.2. The third kappa shape index (κ3) is 2.94. The number of nitrogens with one attached hydrogen (secondary N) is 1. The molecular weight excluding hydrogens is 268 g/mol. The lowest BCUT2D eigenvalue weighted by Gasteiger charge is -2.44. The molecule has 0 bridgehead atoms. The van der Waals surface area contributed by atoms with Crippen LogP contribution in [0.3, 0.4) is 0 Å². The molecule has 1 saturated heterocycles. The zero-order chi connectivity index (χ0) is 15.8. The fraction of sp³-hybridized carbons (Fsp3) is 0.667. The highest BCUT2D eigenvalue weighted by molar-refractivity contribution is 5.99. The van der Waals surface area contributed by atoms with E-state index in [-0.39, 0.29) is 17.7 Å². The molecule has 0 spiro atoms. The van der Waals surface area contributed by atoms with E-state index in [0.29, 0.717) is 6.54 Å². The van der Waals surface area contributed by atoms with Gasteiger partial charge in [0.05, 0.1) is 6.20 Å². The van der Waals surface area contributed by atoms with Gasteiger partial charge in [-0.3, -0.25) is 14.3 Å². The molecule has 21 heavy (non-hydrogen) atoms. The Morgan fingerprint density at radius 3 is 2.62 bits per heavy atom. The van der Waals surface area contributed by atoms with E-state index in [1.165, 1.54) is 0 Å². The van der Waals surface area contributed by atoms with Crippen LogP contribution in [-0.4, -0.2) is 38.1 Å². The Hall–Kier alpha value is -1.85. The first-order chi connectivity index (χ1) is 9.76. The predicted octanol–water partition coefficient (Wildman–Crippen LogP) is 1.07. The molecule has 1 aromatic heterocycles. The van der Waals surface area contributed by atoms with E-state index < -0.39 is 11.6 Å². The SMILES string of the molecule is CCC(C)C1C(=O)NC(C)(C)C(=O)N1Cc1cnn(C)c1. The summed E-state index contributed by atoms with van der Waals surface area (Å²) >= 11 is 0. The van der Waals surface area contributed by atoms with Crippen LogP contribution >= 0.6 is 0 Å². The molecule has 116 valence electrons. The molecule has 0 radical (unpaired) electrons. The van der Waals surface area contributed by atoms with Gasteiger partial charge in [-0.15, -0.1) is 0 Å². The van der Waals surface area contributed by atoms with Crippen molar-refractivity contribution in [2.24, 2.45) is 13.0 Å². The van der Waals surface area contributed by atoms with E-state index in [0.717, 1.165) is 12.0 Å². The van der Waals surface area contributed by atoms with E-state index in [1.807, 2.05) is 27.1 Å². The number of aromatic nitrogens is 2. The molecule has 2 atom stereocenters. The molecule has 2 unspecified atom stereocenters. The van der Waals surface area contributed by atoms with Crippen molar-refractivity contribution in [3.05, 3.63) is 18.0 Å². The number of nitrogens with zero attached hydrogens (tertiary/aromatic N) is 3. The summed E-state index contributed by atoms with van der Waals surface area (Å²) in [4.78, 5) is 26.9. The van der Waals surface area contributed by atoms with Crippen LogP contribution in [0.15, 0.2) is 12.4 Å². The average molecular weight is 292 g/mol. The lowest BCUT2D eigenvalue weighted by molar-refractivity contribution is -0.156. The molecule has 0 aromatic carbocycles. The summed E-state index contributed by atoms with van der Waals surface area (Å²) in [6, 6.07) is -0.421. The third-order valence-electron chi connectivity index (χ3n) is 4.13. The molecule has 0 aliphatic carbocycles. The highest BCUT2D eigenvalue weighted by Gasteiger charge is 2.46. The van der Waals surface area contributed by atoms with Gasteiger partial charge < -0.3 is 10.2 Å². The zero-order valence-electron chi connectivity index (χ0n) is 13.4. The Balaban J connectivity index is 2.33. The second kappa shape index (κ2) is 5.50. The minimum atomic E-state index is -0.858. The van der Waals surface area contributed by atoms with E-state index in [2.05, 4.69) is 10.4 Å². The van der Waals surface area contributed by atoms with Gasteiger partial charge in [-0.05, 0) is 19.8 Å². The minimum absolute atomic E-state index is 0.0451. The molecule has 2 rings (SSSR count). The fourth-order valence-corrected chi connectivity index (χ4v) is 2.77. The second-order valence-corrected chi connectivity index (χ2v) is 6.40. The first kappa shape index (κ1) is 15.5. The van der Waals surface area contributed by atoms with Crippen molar-refractivity contribution in [2.45, 2.75) is 52.2 Å². The van der Waals surface area contributed by atoms with Crippen molar-refractivity contribution in [1.29, 1.82) is 0 Å². The topological polar surface area (TPSA) is 67.2 Å². The maximum atomic E-state index is 12.7. The van der Waals surface area contributed by atoms with Crippen molar-refractivity contribution in [3.8, 4) is 0 Å². The van der Waals surface area contributed by atoms with Crippen LogP contribution < -0.4 is 5.32 Å². The average Bonchev–Trinajstić information content (AvgIpc) is 2.80. The van der Waals surface area contributed by atoms with Gasteiger partial charge in [0, 0.05) is 25.4 Å². The smallest absolute Gasteiger partial charge is 0.248 e. The fourth-order valence-electron chi connectivity index (χ4n) is 2.77. The van der Waals surface area contributed by atoms with Gasteiger partial charge in [0.15, 0.2) is 0 Å². The molecule has 2 amide bonds. The molecule has 0 saturated carbocycles. The number of carbonyl (C=O) groups excluding carboxylic acids is 2. The molecule has 6 heteroatoms. The Kier molecular flexibility index (Phi) is 4.07. The summed E-state index contributed by atoms with van der Waals surface area (Å²) in [6.07, 6.45) is 4.45. The van der Waals surface area contributed by atoms with Crippen LogP contribution in [-0.2, 0) is 23.2 Å². The Morgan fingerprint density at radius 1 is 1.43 bits per heavy atom. The van der Waals surface area contributed by atoms with Crippen molar-refractivity contribution in [2.75, 3.05) is 0 Å². The molecule has 1 aromatic rings. The lowest BCUT2D eigenvalue weighted by Crippen LogP contribution is -2.69. The number of carbonyl (C=O) groups is 2. The number of hydrogen-bond donors (Lipinski definition) is 1. The lowest BCUT2D eigenvalue weighted by atomic mass is 9.89. The first-order valence-electron chi connectivity index (χ1n) is 7.37. The highest BCUT2D eigenvalue weighted by Crippen LogP contribution is 2.26. The van der Waals surface area contributed by atoms with Crippen LogP contribution in [0.5, 0.6) is 0 Å². The summed E-state index contributed by atoms with van der Waals surface area (Å²) in [7, 11) is 1.84. The van der Waals surface area contributed by atoms with Crippen molar-refractivity contribution < 1.29 is 9.59 Å². The predicted molar refractivity (Wildman–Crippen MR) is 79.2 cm³/mol. The van der Waals surface area contributed by atoms with Crippen molar-refractivity contribution in [1.82, 2.24) is 20.0 Å². The summed E-state index contributed by atoms with van der Waals surface area (Å²) < 4.78 is 1.70.